The molecule has 0 spiro atoms. The van der Waals surface area contributed by atoms with Crippen molar-refractivity contribution >= 4 is 38.5 Å². The zero-order valence-corrected chi connectivity index (χ0v) is 32.1. The Morgan fingerprint density at radius 1 is 0.957 bits per heavy atom. The fourth-order valence-corrected chi connectivity index (χ4v) is 7.28. The number of carbonyl (C=O) groups is 1. The van der Waals surface area contributed by atoms with Gasteiger partial charge in [-0.1, -0.05) is 109 Å². The van der Waals surface area contributed by atoms with Gasteiger partial charge in [0.1, 0.15) is 5.58 Å². The molecule has 5 aromatic rings. The minimum Gasteiger partial charge on any atom is -0.512 e. The standard InChI is InChI=1S/C29H26NO.C13H24O2.Ir/c1-15(2)19-11-12-22-24-23-20(10-8-17(4)27(23)31-28(19)24)26-25(29(22,5)6)21-13-16(3)7-9-18(21)14-30-26;1-5-10(6-2)12(14)9-13(15)11(7-3)8-4;/h7-9,11-15H,1-6H3;9-11,14H,5-8H2,1-4H3;/q-1;;/b;12-9-;. The molecular weight excluding hydrogens is 759 g/mol. The number of aliphatic hydroxyl groups excluding tert-OH is 1. The van der Waals surface area contributed by atoms with Crippen molar-refractivity contribution in [2.75, 3.05) is 0 Å². The topological polar surface area (TPSA) is 63.3 Å². The van der Waals surface area contributed by atoms with E-state index in [0.717, 1.165) is 53.7 Å². The van der Waals surface area contributed by atoms with E-state index in [9.17, 15) is 9.90 Å². The van der Waals surface area contributed by atoms with Crippen molar-refractivity contribution in [1.82, 2.24) is 4.98 Å². The van der Waals surface area contributed by atoms with Crippen molar-refractivity contribution in [3.05, 3.63) is 88.3 Å². The zero-order chi connectivity index (χ0) is 33.5. The smallest absolute Gasteiger partial charge is 0.162 e. The van der Waals surface area contributed by atoms with Gasteiger partial charge in [0.2, 0.25) is 0 Å². The van der Waals surface area contributed by atoms with Gasteiger partial charge >= 0.3 is 0 Å². The van der Waals surface area contributed by atoms with Crippen molar-refractivity contribution < 1.29 is 34.4 Å². The number of aromatic nitrogens is 1. The van der Waals surface area contributed by atoms with Crippen LogP contribution in [0.4, 0.5) is 0 Å². The van der Waals surface area contributed by atoms with Gasteiger partial charge in [-0.3, -0.25) is 4.79 Å². The van der Waals surface area contributed by atoms with Crippen molar-refractivity contribution in [3.63, 3.8) is 0 Å². The van der Waals surface area contributed by atoms with Crippen LogP contribution in [0.5, 0.6) is 0 Å². The third kappa shape index (κ3) is 6.46. The maximum Gasteiger partial charge on any atom is 0.162 e. The van der Waals surface area contributed by atoms with Crippen LogP contribution in [-0.4, -0.2) is 15.9 Å². The summed E-state index contributed by atoms with van der Waals surface area (Å²) in [7, 11) is 0. The predicted octanol–water partition coefficient (Wildman–Crippen LogP) is 11.8. The fraction of sp³-hybridized carbons (Fsp3) is 0.429. The molecule has 5 heteroatoms. The molecule has 2 heterocycles. The van der Waals surface area contributed by atoms with Crippen molar-refractivity contribution in [1.29, 1.82) is 0 Å². The number of rotatable bonds is 8. The fourth-order valence-electron chi connectivity index (χ4n) is 7.28. The number of pyridine rings is 1. The molecule has 0 unspecified atom stereocenters. The number of ketones is 1. The van der Waals surface area contributed by atoms with Crippen LogP contribution in [0.2, 0.25) is 0 Å². The van der Waals surface area contributed by atoms with E-state index in [4.69, 9.17) is 9.40 Å². The van der Waals surface area contributed by atoms with E-state index in [1.54, 1.807) is 0 Å². The number of nitrogens with zero attached hydrogens (tertiary/aromatic N) is 1. The number of hydrogen-bond donors (Lipinski definition) is 1. The summed E-state index contributed by atoms with van der Waals surface area (Å²) in [5.41, 5.74) is 10.1. The number of fused-ring (bicyclic) bond motifs is 4. The largest absolute Gasteiger partial charge is 0.512 e. The number of furan rings is 1. The molecule has 0 fully saturated rings. The third-order valence-corrected chi connectivity index (χ3v) is 10.2. The van der Waals surface area contributed by atoms with Gasteiger partial charge in [0, 0.05) is 49.6 Å². The molecule has 4 nitrogen and oxygen atoms in total. The normalized spacial score (nSPS) is 13.7. The van der Waals surface area contributed by atoms with Crippen LogP contribution >= 0.6 is 0 Å². The Labute approximate surface area is 294 Å². The van der Waals surface area contributed by atoms with Gasteiger partial charge in [-0.2, -0.15) is 0 Å². The van der Waals surface area contributed by atoms with E-state index >= 15 is 0 Å². The third-order valence-electron chi connectivity index (χ3n) is 10.2. The van der Waals surface area contributed by atoms with Crippen LogP contribution in [0.3, 0.4) is 0 Å². The van der Waals surface area contributed by atoms with E-state index < -0.39 is 0 Å². The molecule has 1 N–H and O–H groups in total. The second-order valence-corrected chi connectivity index (χ2v) is 13.9. The summed E-state index contributed by atoms with van der Waals surface area (Å²) in [6.07, 6.45) is 6.92. The molecule has 0 saturated carbocycles. The molecule has 47 heavy (non-hydrogen) atoms. The number of aryl methyl sites for hydroxylation is 2. The number of carbonyl (C=O) groups excluding carboxylic acids is 1. The maximum absolute atomic E-state index is 11.7. The van der Waals surface area contributed by atoms with E-state index in [-0.39, 0.29) is 48.9 Å². The van der Waals surface area contributed by atoms with Crippen LogP contribution in [0.15, 0.2) is 58.8 Å². The van der Waals surface area contributed by atoms with Crippen molar-refractivity contribution in [3.8, 4) is 11.3 Å². The molecule has 1 aliphatic rings. The molecular formula is C42H50IrNO3-. The van der Waals surface area contributed by atoms with E-state index in [1.165, 1.54) is 49.9 Å². The van der Waals surface area contributed by atoms with Crippen LogP contribution in [0.25, 0.3) is 44.0 Å². The Hall–Kier alpha value is -3.27. The van der Waals surface area contributed by atoms with Crippen LogP contribution < -0.4 is 0 Å². The van der Waals surface area contributed by atoms with Gasteiger partial charge < -0.3 is 14.5 Å². The SMILES string of the molecule is CCC(CC)C(=O)/C=C(\O)C(CC)CC.Cc1ccc2cnc3c(c2c1)C(C)(C)c1ccc(C(C)C)c2oc4c(C)c[c-]c-3c4c12.[Ir]. The molecule has 1 aliphatic carbocycles. The number of allylic oxidation sites excluding steroid dienone is 2. The Balaban J connectivity index is 0.000000269. The van der Waals surface area contributed by atoms with Gasteiger partial charge in [-0.15, -0.1) is 17.7 Å². The Morgan fingerprint density at radius 2 is 1.62 bits per heavy atom. The Kier molecular flexibility index (Phi) is 11.3. The first-order chi connectivity index (χ1) is 21.9. The molecule has 0 aliphatic heterocycles. The van der Waals surface area contributed by atoms with Gasteiger partial charge in [0.25, 0.3) is 0 Å². The number of hydrogen-bond acceptors (Lipinski definition) is 4. The minimum absolute atomic E-state index is 0. The van der Waals surface area contributed by atoms with E-state index in [1.807, 2.05) is 33.9 Å². The first-order valence-electron chi connectivity index (χ1n) is 17.1. The molecule has 251 valence electrons. The van der Waals surface area contributed by atoms with Gasteiger partial charge in [-0.05, 0) is 77.1 Å². The zero-order valence-electron chi connectivity index (χ0n) is 29.7. The number of benzene rings is 3. The quantitative estimate of drug-likeness (QED) is 0.0963. The molecule has 0 bridgehead atoms. The monoisotopic (exact) mass is 809 g/mol. The summed E-state index contributed by atoms with van der Waals surface area (Å²) in [5, 5.41) is 14.6. The molecule has 3 aromatic carbocycles. The summed E-state index contributed by atoms with van der Waals surface area (Å²) in [4.78, 5) is 16.7. The first kappa shape index (κ1) is 36.6. The summed E-state index contributed by atoms with van der Waals surface area (Å²) >= 11 is 0. The summed E-state index contributed by atoms with van der Waals surface area (Å²) in [6, 6.07) is 16.9. The number of aliphatic hydroxyl groups is 1. The molecule has 0 amide bonds. The summed E-state index contributed by atoms with van der Waals surface area (Å²) in [5.74, 6) is 0.934. The molecule has 0 saturated heterocycles. The second kappa shape index (κ2) is 14.5. The van der Waals surface area contributed by atoms with Gasteiger partial charge in [0.15, 0.2) is 5.78 Å². The van der Waals surface area contributed by atoms with Crippen molar-refractivity contribution in [2.45, 2.75) is 106 Å². The van der Waals surface area contributed by atoms with Crippen LogP contribution in [0.1, 0.15) is 115 Å². The predicted molar refractivity (Wildman–Crippen MR) is 193 cm³/mol. The van der Waals surface area contributed by atoms with Gasteiger partial charge in [-0.25, -0.2) is 0 Å². The molecule has 6 rings (SSSR count). The van der Waals surface area contributed by atoms with E-state index in [2.05, 4.69) is 84.0 Å². The van der Waals surface area contributed by atoms with Gasteiger partial charge in [0.05, 0.1) is 11.3 Å². The minimum atomic E-state index is -0.235. The Morgan fingerprint density at radius 3 is 2.23 bits per heavy atom. The molecule has 0 atom stereocenters. The second-order valence-electron chi connectivity index (χ2n) is 13.9. The first-order valence-corrected chi connectivity index (χ1v) is 17.1. The average Bonchev–Trinajstić information content (AvgIpc) is 3.39. The van der Waals surface area contributed by atoms with Crippen LogP contribution in [0, 0.1) is 31.7 Å². The molecule has 2 aromatic heterocycles. The maximum atomic E-state index is 11.7. The summed E-state index contributed by atoms with van der Waals surface area (Å²) in [6.45, 7) is 21.5. The summed E-state index contributed by atoms with van der Waals surface area (Å²) < 4.78 is 6.60. The molecule has 1 radical (unpaired) electrons. The average molecular weight is 809 g/mol. The van der Waals surface area contributed by atoms with Crippen molar-refractivity contribution in [2.24, 2.45) is 11.8 Å². The van der Waals surface area contributed by atoms with E-state index in [0.29, 0.717) is 5.92 Å². The Bertz CT molecular complexity index is 1950. The van der Waals surface area contributed by atoms with Crippen LogP contribution in [-0.2, 0) is 30.3 Å².